The number of nitrogens with zero attached hydrogens (tertiary/aromatic N) is 3. The quantitative estimate of drug-likeness (QED) is 0.413. The number of rotatable bonds is 4. The van der Waals surface area contributed by atoms with Gasteiger partial charge in [-0.05, 0) is 31.9 Å². The first-order valence-corrected chi connectivity index (χ1v) is 7.31. The molecule has 0 saturated carbocycles. The second-order valence-electron chi connectivity index (χ2n) is 3.61. The van der Waals surface area contributed by atoms with Crippen LogP contribution in [0.15, 0.2) is 33.5 Å². The summed E-state index contributed by atoms with van der Waals surface area (Å²) in [5.41, 5.74) is 0.704. The number of hydrogen-bond acceptors (Lipinski definition) is 5. The van der Waals surface area contributed by atoms with Crippen molar-refractivity contribution in [3.8, 4) is 11.8 Å². The average molecular weight is 423 g/mol. The Morgan fingerprint density at radius 2 is 1.80 bits per heavy atom. The minimum Gasteiger partial charge on any atom is -0.422 e. The number of halogens is 3. The topological polar surface area (TPSA) is 78.2 Å². The lowest BCUT2D eigenvalue weighted by Crippen LogP contribution is -1.95. The molecule has 0 aliphatic heterocycles. The number of alkyl halides is 1. The van der Waals surface area contributed by atoms with Gasteiger partial charge < -0.3 is 4.74 Å². The Balaban J connectivity index is 2.30. The largest absolute Gasteiger partial charge is 0.422 e. The Bertz CT molecular complexity index is 629. The standard InChI is InChI=1S/C11H6Br2ClN3O3/c12-8-1-7(17(18)19)2-9(13)10(8)20-11-15-4-6(3-14)5-16-11/h1-2,4-5H,3H2. The highest BCUT2D eigenvalue weighted by Gasteiger charge is 2.16. The second kappa shape index (κ2) is 6.47. The summed E-state index contributed by atoms with van der Waals surface area (Å²) in [6, 6.07) is 2.80. The van der Waals surface area contributed by atoms with Crippen LogP contribution in [-0.4, -0.2) is 14.9 Å². The van der Waals surface area contributed by atoms with Gasteiger partial charge in [0.25, 0.3) is 5.69 Å². The normalized spacial score (nSPS) is 10.3. The van der Waals surface area contributed by atoms with Gasteiger partial charge in [0.05, 0.1) is 19.7 Å². The number of ether oxygens (including phenoxy) is 1. The van der Waals surface area contributed by atoms with Gasteiger partial charge in [-0.1, -0.05) is 0 Å². The van der Waals surface area contributed by atoms with Gasteiger partial charge in [0, 0.05) is 30.1 Å². The number of hydrogen-bond donors (Lipinski definition) is 0. The van der Waals surface area contributed by atoms with Crippen LogP contribution in [0, 0.1) is 10.1 Å². The minimum absolute atomic E-state index is 0.0606. The zero-order valence-corrected chi connectivity index (χ0v) is 13.6. The highest BCUT2D eigenvalue weighted by molar-refractivity contribution is 9.11. The van der Waals surface area contributed by atoms with E-state index in [1.807, 2.05) is 0 Å². The third kappa shape index (κ3) is 3.44. The van der Waals surface area contributed by atoms with Crippen LogP contribution in [0.1, 0.15) is 5.56 Å². The molecule has 1 aromatic heterocycles. The van der Waals surface area contributed by atoms with Crippen LogP contribution >= 0.6 is 43.5 Å². The van der Waals surface area contributed by atoms with Crippen LogP contribution in [0.5, 0.6) is 11.8 Å². The highest BCUT2D eigenvalue weighted by Crippen LogP contribution is 2.38. The Morgan fingerprint density at radius 3 is 2.25 bits per heavy atom. The summed E-state index contributed by atoms with van der Waals surface area (Å²) in [4.78, 5) is 18.2. The van der Waals surface area contributed by atoms with Crippen LogP contribution < -0.4 is 4.74 Å². The van der Waals surface area contributed by atoms with E-state index in [1.165, 1.54) is 12.1 Å². The molecule has 0 N–H and O–H groups in total. The van der Waals surface area contributed by atoms with Crippen molar-refractivity contribution in [2.75, 3.05) is 0 Å². The van der Waals surface area contributed by atoms with Gasteiger partial charge in [0.2, 0.25) is 0 Å². The Hall–Kier alpha value is -1.25. The molecule has 0 saturated heterocycles. The Labute approximate surface area is 135 Å². The molecule has 0 aliphatic carbocycles. The van der Waals surface area contributed by atoms with Crippen LogP contribution in [0.25, 0.3) is 0 Å². The number of benzene rings is 1. The summed E-state index contributed by atoms with van der Waals surface area (Å²) in [6.45, 7) is 0. The molecule has 2 aromatic rings. The first kappa shape index (κ1) is 15.1. The van der Waals surface area contributed by atoms with Crippen molar-refractivity contribution in [1.29, 1.82) is 0 Å². The summed E-state index contributed by atoms with van der Waals surface area (Å²) in [7, 11) is 0. The molecule has 2 rings (SSSR count). The van der Waals surface area contributed by atoms with Crippen LogP contribution in [0.2, 0.25) is 0 Å². The number of non-ortho nitro benzene ring substituents is 1. The number of nitro groups is 1. The van der Waals surface area contributed by atoms with Crippen molar-refractivity contribution in [3.63, 3.8) is 0 Å². The maximum absolute atomic E-state index is 10.7. The molecular weight excluding hydrogens is 417 g/mol. The van der Waals surface area contributed by atoms with E-state index in [2.05, 4.69) is 41.8 Å². The van der Waals surface area contributed by atoms with Crippen molar-refractivity contribution in [1.82, 2.24) is 9.97 Å². The molecule has 1 heterocycles. The first-order chi connectivity index (χ1) is 9.51. The maximum atomic E-state index is 10.7. The molecule has 0 bridgehead atoms. The molecule has 0 spiro atoms. The average Bonchev–Trinajstić information content (AvgIpc) is 2.43. The summed E-state index contributed by atoms with van der Waals surface area (Å²) >= 11 is 12.1. The lowest BCUT2D eigenvalue weighted by molar-refractivity contribution is -0.385. The smallest absolute Gasteiger partial charge is 0.321 e. The molecule has 9 heteroatoms. The van der Waals surface area contributed by atoms with Gasteiger partial charge in [-0.25, -0.2) is 9.97 Å². The molecule has 0 atom stereocenters. The summed E-state index contributed by atoms with van der Waals surface area (Å²) in [5, 5.41) is 10.7. The van der Waals surface area contributed by atoms with Crippen molar-refractivity contribution in [2.24, 2.45) is 0 Å². The van der Waals surface area contributed by atoms with E-state index in [0.717, 1.165) is 5.56 Å². The van der Waals surface area contributed by atoms with E-state index < -0.39 is 4.92 Å². The highest BCUT2D eigenvalue weighted by atomic mass is 79.9. The van der Waals surface area contributed by atoms with Crippen molar-refractivity contribution >= 4 is 49.1 Å². The molecule has 0 unspecified atom stereocenters. The molecule has 20 heavy (non-hydrogen) atoms. The van der Waals surface area contributed by atoms with Gasteiger partial charge in [-0.3, -0.25) is 10.1 Å². The van der Waals surface area contributed by atoms with Gasteiger partial charge in [-0.2, -0.15) is 0 Å². The fourth-order valence-corrected chi connectivity index (χ4v) is 2.77. The van der Waals surface area contributed by atoms with Gasteiger partial charge in [0.1, 0.15) is 0 Å². The minimum atomic E-state index is -0.495. The number of nitro benzene ring substituents is 1. The molecule has 0 amide bonds. The van der Waals surface area contributed by atoms with E-state index in [4.69, 9.17) is 16.3 Å². The summed E-state index contributed by atoms with van der Waals surface area (Å²) < 4.78 is 6.33. The lowest BCUT2D eigenvalue weighted by Gasteiger charge is -2.08. The van der Waals surface area contributed by atoms with E-state index in [0.29, 0.717) is 20.6 Å². The zero-order valence-electron chi connectivity index (χ0n) is 9.72. The predicted molar refractivity (Wildman–Crippen MR) is 80.2 cm³/mol. The molecule has 0 fully saturated rings. The molecule has 0 radical (unpaired) electrons. The van der Waals surface area contributed by atoms with E-state index >= 15 is 0 Å². The SMILES string of the molecule is O=[N+]([O-])c1cc(Br)c(Oc2ncc(CCl)cn2)c(Br)c1. The van der Waals surface area contributed by atoms with Gasteiger partial charge in [-0.15, -0.1) is 11.6 Å². The second-order valence-corrected chi connectivity index (χ2v) is 5.58. The Morgan fingerprint density at radius 1 is 1.25 bits per heavy atom. The van der Waals surface area contributed by atoms with Gasteiger partial charge >= 0.3 is 6.01 Å². The number of aromatic nitrogens is 2. The predicted octanol–water partition coefficient (Wildman–Crippen LogP) is 4.44. The lowest BCUT2D eigenvalue weighted by atomic mass is 10.3. The van der Waals surface area contributed by atoms with Crippen LogP contribution in [-0.2, 0) is 5.88 Å². The van der Waals surface area contributed by atoms with E-state index in [1.54, 1.807) is 12.4 Å². The molecule has 6 nitrogen and oxygen atoms in total. The van der Waals surface area contributed by atoms with Crippen LogP contribution in [0.4, 0.5) is 5.69 Å². The van der Waals surface area contributed by atoms with Crippen molar-refractivity contribution in [3.05, 3.63) is 49.1 Å². The molecular formula is C11H6Br2ClN3O3. The molecule has 1 aromatic carbocycles. The van der Waals surface area contributed by atoms with Crippen molar-refractivity contribution < 1.29 is 9.66 Å². The van der Waals surface area contributed by atoms with Crippen LogP contribution in [0.3, 0.4) is 0 Å². The first-order valence-electron chi connectivity index (χ1n) is 5.19. The fraction of sp³-hybridized carbons (Fsp3) is 0.0909. The summed E-state index contributed by atoms with van der Waals surface area (Å²) in [6.07, 6.45) is 3.09. The molecule has 0 aliphatic rings. The Kier molecular flexibility index (Phi) is 4.90. The van der Waals surface area contributed by atoms with E-state index in [-0.39, 0.29) is 11.7 Å². The zero-order chi connectivity index (χ0) is 14.7. The monoisotopic (exact) mass is 421 g/mol. The third-order valence-corrected chi connectivity index (χ3v) is 3.71. The molecule has 104 valence electrons. The van der Waals surface area contributed by atoms with Crippen molar-refractivity contribution in [2.45, 2.75) is 5.88 Å². The third-order valence-electron chi connectivity index (χ3n) is 2.22. The fourth-order valence-electron chi connectivity index (χ4n) is 1.31. The van der Waals surface area contributed by atoms with E-state index in [9.17, 15) is 10.1 Å². The maximum Gasteiger partial charge on any atom is 0.321 e. The summed E-state index contributed by atoms with van der Waals surface area (Å²) in [5.74, 6) is 0.666. The van der Waals surface area contributed by atoms with Gasteiger partial charge in [0.15, 0.2) is 5.75 Å².